The zero-order valence-corrected chi connectivity index (χ0v) is 40.6. The number of hydrogen-bond acceptors (Lipinski definition) is 6. The zero-order valence-electron chi connectivity index (χ0n) is 40.6. The molecule has 63 heavy (non-hydrogen) atoms. The van der Waals surface area contributed by atoms with E-state index in [0.29, 0.717) is 19.3 Å². The lowest BCUT2D eigenvalue weighted by Gasteiger charge is -2.34. The number of Topliss-reactive ketones (excluding diaryl/α,β-unsaturated/α-hetero) is 3. The second-order valence-corrected chi connectivity index (χ2v) is 17.2. The summed E-state index contributed by atoms with van der Waals surface area (Å²) >= 11 is 0. The van der Waals surface area contributed by atoms with Crippen LogP contribution in [0.5, 0.6) is 0 Å². The van der Waals surface area contributed by atoms with E-state index in [-0.39, 0.29) is 19.3 Å². The van der Waals surface area contributed by atoms with E-state index in [9.17, 15) is 29.7 Å². The smallest absolute Gasteiger partial charge is 0.189 e. The highest BCUT2D eigenvalue weighted by Gasteiger charge is 2.53. The lowest BCUT2D eigenvalue weighted by Crippen LogP contribution is -2.63. The number of rotatable bonds is 45. The highest BCUT2D eigenvalue weighted by molar-refractivity contribution is 6.01. The predicted octanol–water partition coefficient (Wildman–Crippen LogP) is 15.1. The van der Waals surface area contributed by atoms with Crippen LogP contribution in [0.1, 0.15) is 226 Å². The minimum Gasteiger partial charge on any atom is -0.382 e. The summed E-state index contributed by atoms with van der Waals surface area (Å²) in [5.41, 5.74) is -2.84. The molecule has 0 saturated carbocycles. The van der Waals surface area contributed by atoms with Gasteiger partial charge in [0.2, 0.25) is 0 Å². The molecule has 2 unspecified atom stereocenters. The summed E-state index contributed by atoms with van der Waals surface area (Å²) in [6.45, 7) is 6.48. The summed E-state index contributed by atoms with van der Waals surface area (Å²) in [6.07, 6.45) is 58.3. The average Bonchev–Trinajstić information content (AvgIpc) is 3.29. The first kappa shape index (κ1) is 59.8. The highest BCUT2D eigenvalue weighted by Crippen LogP contribution is 2.26. The van der Waals surface area contributed by atoms with E-state index >= 15 is 0 Å². The van der Waals surface area contributed by atoms with Crippen LogP contribution in [0.4, 0.5) is 0 Å². The van der Waals surface area contributed by atoms with Crippen molar-refractivity contribution >= 4 is 17.3 Å². The van der Waals surface area contributed by atoms with Crippen molar-refractivity contribution in [3.8, 4) is 0 Å². The Morgan fingerprint density at radius 2 is 0.635 bits per heavy atom. The average molecular weight is 875 g/mol. The van der Waals surface area contributed by atoms with Crippen LogP contribution in [0.15, 0.2) is 97.2 Å². The van der Waals surface area contributed by atoms with Gasteiger partial charge in [-0.2, -0.15) is 0 Å². The Kier molecular flexibility index (Phi) is 43.1. The summed E-state index contributed by atoms with van der Waals surface area (Å²) < 4.78 is 0. The maximum Gasteiger partial charge on any atom is 0.189 e. The number of ketones is 3. The third kappa shape index (κ3) is 34.8. The fourth-order valence-electron chi connectivity index (χ4n) is 7.35. The van der Waals surface area contributed by atoms with E-state index in [2.05, 4.69) is 118 Å². The van der Waals surface area contributed by atoms with E-state index in [4.69, 9.17) is 0 Å². The Morgan fingerprint density at radius 3 is 0.968 bits per heavy atom. The normalized spacial score (nSPS) is 14.6. The van der Waals surface area contributed by atoms with Crippen molar-refractivity contribution in [1.29, 1.82) is 0 Å². The molecule has 0 aliphatic heterocycles. The van der Waals surface area contributed by atoms with Crippen molar-refractivity contribution < 1.29 is 29.7 Å². The van der Waals surface area contributed by atoms with Gasteiger partial charge in [0.05, 0.1) is 0 Å². The molecule has 0 aromatic heterocycles. The molecule has 0 amide bonds. The van der Waals surface area contributed by atoms with E-state index in [1.165, 1.54) is 19.3 Å². The molecular weight excluding hydrogens is 781 g/mol. The first-order chi connectivity index (χ1) is 30.8. The molecule has 0 rings (SSSR count). The van der Waals surface area contributed by atoms with Crippen molar-refractivity contribution in [2.75, 3.05) is 0 Å². The SMILES string of the molecule is CC/C=C\C/C=C\C/C=C\CCCCCCCC(=O)C(O)C(O)(C(=O)CCCCCCC/C=C\C/C=C\CCCCC)C(O)C(=O)CCCCCCC/C=C\C/C=C\C/C=C\CC. The van der Waals surface area contributed by atoms with Crippen molar-refractivity contribution in [2.45, 2.75) is 244 Å². The summed E-state index contributed by atoms with van der Waals surface area (Å²) in [6, 6.07) is 0. The van der Waals surface area contributed by atoms with Gasteiger partial charge in [-0.15, -0.1) is 0 Å². The Bertz CT molecular complexity index is 1270. The van der Waals surface area contributed by atoms with Crippen LogP contribution in [-0.4, -0.2) is 50.5 Å². The van der Waals surface area contributed by atoms with Gasteiger partial charge < -0.3 is 15.3 Å². The molecule has 0 fully saturated rings. The van der Waals surface area contributed by atoms with Crippen LogP contribution in [0.3, 0.4) is 0 Å². The van der Waals surface area contributed by atoms with Crippen molar-refractivity contribution in [3.05, 3.63) is 97.2 Å². The number of hydrogen-bond donors (Lipinski definition) is 3. The molecule has 0 radical (unpaired) electrons. The van der Waals surface area contributed by atoms with Gasteiger partial charge >= 0.3 is 0 Å². The Hall–Kier alpha value is -3.19. The maximum absolute atomic E-state index is 13.6. The molecule has 0 aromatic rings. The topological polar surface area (TPSA) is 112 Å². The van der Waals surface area contributed by atoms with Crippen LogP contribution in [0.2, 0.25) is 0 Å². The van der Waals surface area contributed by atoms with Crippen molar-refractivity contribution in [1.82, 2.24) is 0 Å². The molecular formula is C57H94O6. The van der Waals surface area contributed by atoms with Gasteiger partial charge in [-0.25, -0.2) is 0 Å². The number of aliphatic hydroxyl groups is 3. The van der Waals surface area contributed by atoms with E-state index < -0.39 is 35.2 Å². The predicted molar refractivity (Wildman–Crippen MR) is 270 cm³/mol. The molecule has 3 N–H and O–H groups in total. The third-order valence-corrected chi connectivity index (χ3v) is 11.4. The monoisotopic (exact) mass is 875 g/mol. The van der Waals surface area contributed by atoms with Crippen LogP contribution < -0.4 is 0 Å². The first-order valence-electron chi connectivity index (χ1n) is 25.6. The van der Waals surface area contributed by atoms with Gasteiger partial charge in [-0.1, -0.05) is 189 Å². The quantitative estimate of drug-likeness (QED) is 0.0415. The van der Waals surface area contributed by atoms with Gasteiger partial charge in [0.15, 0.2) is 35.2 Å². The Balaban J connectivity index is 4.94. The zero-order chi connectivity index (χ0) is 46.3. The molecule has 0 bridgehead atoms. The molecule has 358 valence electrons. The molecule has 0 spiro atoms. The Morgan fingerprint density at radius 1 is 0.365 bits per heavy atom. The van der Waals surface area contributed by atoms with Crippen LogP contribution >= 0.6 is 0 Å². The number of aliphatic hydroxyl groups excluding tert-OH is 2. The molecule has 0 aromatic carbocycles. The van der Waals surface area contributed by atoms with E-state index in [0.717, 1.165) is 148 Å². The minimum absolute atomic E-state index is 0.0242. The minimum atomic E-state index is -2.84. The molecule has 6 nitrogen and oxygen atoms in total. The maximum atomic E-state index is 13.6. The largest absolute Gasteiger partial charge is 0.382 e. The van der Waals surface area contributed by atoms with Crippen LogP contribution in [-0.2, 0) is 14.4 Å². The van der Waals surface area contributed by atoms with Gasteiger partial charge in [0.25, 0.3) is 0 Å². The lowest BCUT2D eigenvalue weighted by atomic mass is 9.78. The molecule has 0 heterocycles. The number of unbranched alkanes of at least 4 members (excludes halogenated alkanes) is 18. The van der Waals surface area contributed by atoms with Gasteiger partial charge in [0.1, 0.15) is 0 Å². The summed E-state index contributed by atoms with van der Waals surface area (Å²) in [4.78, 5) is 40.1. The summed E-state index contributed by atoms with van der Waals surface area (Å²) in [7, 11) is 0. The lowest BCUT2D eigenvalue weighted by molar-refractivity contribution is -0.181. The molecule has 0 saturated heterocycles. The van der Waals surface area contributed by atoms with Gasteiger partial charge in [-0.3, -0.25) is 14.4 Å². The van der Waals surface area contributed by atoms with Crippen LogP contribution in [0, 0.1) is 0 Å². The van der Waals surface area contributed by atoms with Crippen LogP contribution in [0.25, 0.3) is 0 Å². The second kappa shape index (κ2) is 45.4. The van der Waals surface area contributed by atoms with E-state index in [1.807, 2.05) is 0 Å². The second-order valence-electron chi connectivity index (χ2n) is 17.2. The van der Waals surface area contributed by atoms with Crippen molar-refractivity contribution in [3.63, 3.8) is 0 Å². The van der Waals surface area contributed by atoms with Gasteiger partial charge in [-0.05, 0) is 116 Å². The highest BCUT2D eigenvalue weighted by atomic mass is 16.4. The number of carbonyl (C=O) groups excluding carboxylic acids is 3. The standard InChI is InChI=1S/C57H94O6/c1-4-7-10-13-16-19-22-25-28-31-34-37-40-43-46-49-52(58)55(61)57(63,54(60)51-48-45-42-39-36-33-30-27-24-21-18-15-12-9-6-3)56(62)53(59)50-47-44-41-38-35-32-29-26-23-20-17-14-11-8-5-2/h7-8,10-11,16-21,25-30,55-56,61-63H,4-6,9,12-15,22-24,31-51H2,1-3H3/b10-7-,11-8-,19-16-,20-17-,21-18-,28-25-,29-26-,30-27-. The molecule has 0 aliphatic carbocycles. The number of carbonyl (C=O) groups is 3. The fourth-order valence-corrected chi connectivity index (χ4v) is 7.35. The van der Waals surface area contributed by atoms with Gasteiger partial charge in [0, 0.05) is 19.3 Å². The molecule has 2 atom stereocenters. The van der Waals surface area contributed by atoms with Crippen molar-refractivity contribution in [2.24, 2.45) is 0 Å². The third-order valence-electron chi connectivity index (χ3n) is 11.4. The molecule has 6 heteroatoms. The number of allylic oxidation sites excluding steroid dienone is 16. The Labute approximate surface area is 387 Å². The molecule has 0 aliphatic rings. The summed E-state index contributed by atoms with van der Waals surface area (Å²) in [5, 5.41) is 34.1. The van der Waals surface area contributed by atoms with E-state index in [1.54, 1.807) is 0 Å². The summed E-state index contributed by atoms with van der Waals surface area (Å²) in [5.74, 6) is -2.23. The first-order valence-corrected chi connectivity index (χ1v) is 25.6. The fraction of sp³-hybridized carbons (Fsp3) is 0.667.